The minimum absolute atomic E-state index is 0.258. The Hall–Kier alpha value is -1.69. The van der Waals surface area contributed by atoms with Gasteiger partial charge < -0.3 is 15.2 Å². The van der Waals surface area contributed by atoms with Crippen LogP contribution in [-0.4, -0.2) is 31.9 Å². The molecule has 1 rings (SSSR count). The van der Waals surface area contributed by atoms with Crippen LogP contribution in [0.3, 0.4) is 0 Å². The highest BCUT2D eigenvalue weighted by molar-refractivity contribution is 7.99. The van der Waals surface area contributed by atoms with Crippen LogP contribution >= 0.6 is 11.8 Å². The van der Waals surface area contributed by atoms with Gasteiger partial charge in [-0.1, -0.05) is 0 Å². The molecule has 18 heavy (non-hydrogen) atoms. The number of thioether (sulfide) groups is 1. The molecule has 0 aliphatic rings. The summed E-state index contributed by atoms with van der Waals surface area (Å²) in [5.74, 6) is -0.147. The van der Waals surface area contributed by atoms with E-state index in [9.17, 15) is 9.59 Å². The molecule has 0 saturated heterocycles. The summed E-state index contributed by atoms with van der Waals surface area (Å²) in [4.78, 5) is 23.2. The number of ether oxygens (including phenoxy) is 2. The average molecular weight is 269 g/mol. The van der Waals surface area contributed by atoms with E-state index in [0.29, 0.717) is 23.4 Å². The molecule has 0 atom stereocenters. The van der Waals surface area contributed by atoms with Crippen molar-refractivity contribution < 1.29 is 19.1 Å². The Bertz CT molecular complexity index is 448. The summed E-state index contributed by atoms with van der Waals surface area (Å²) in [5, 5.41) is 0. The first-order chi connectivity index (χ1) is 8.58. The SMILES string of the molecule is COC(=O)CCSc1ccc(N)c(C(=O)OC)c1. The Kier molecular flexibility index (Phi) is 5.51. The molecule has 0 saturated carbocycles. The van der Waals surface area contributed by atoms with Crippen LogP contribution in [0.15, 0.2) is 23.1 Å². The minimum Gasteiger partial charge on any atom is -0.469 e. The Morgan fingerprint density at radius 3 is 2.61 bits per heavy atom. The van der Waals surface area contributed by atoms with Crippen LogP contribution in [0, 0.1) is 0 Å². The van der Waals surface area contributed by atoms with Crippen molar-refractivity contribution in [2.45, 2.75) is 11.3 Å². The summed E-state index contributed by atoms with van der Waals surface area (Å²) in [6.45, 7) is 0. The summed E-state index contributed by atoms with van der Waals surface area (Å²) in [6, 6.07) is 5.10. The van der Waals surface area contributed by atoms with Crippen molar-refractivity contribution in [2.75, 3.05) is 25.7 Å². The predicted molar refractivity (Wildman–Crippen MR) is 69.6 cm³/mol. The Morgan fingerprint density at radius 2 is 2.00 bits per heavy atom. The van der Waals surface area contributed by atoms with Gasteiger partial charge in [-0.25, -0.2) is 4.79 Å². The first-order valence-corrected chi connectivity index (χ1v) is 6.24. The maximum Gasteiger partial charge on any atom is 0.339 e. The zero-order valence-electron chi connectivity index (χ0n) is 10.3. The summed E-state index contributed by atoms with van der Waals surface area (Å²) in [5.41, 5.74) is 6.39. The van der Waals surface area contributed by atoms with Crippen molar-refractivity contribution in [3.05, 3.63) is 23.8 Å². The molecule has 1 aromatic rings. The predicted octanol–water partition coefficient (Wildman–Crippen LogP) is 1.71. The van der Waals surface area contributed by atoms with Crippen LogP contribution in [0.4, 0.5) is 5.69 Å². The lowest BCUT2D eigenvalue weighted by Gasteiger charge is -2.06. The van der Waals surface area contributed by atoms with Crippen molar-refractivity contribution in [3.63, 3.8) is 0 Å². The van der Waals surface area contributed by atoms with Crippen LogP contribution in [0.5, 0.6) is 0 Å². The van der Waals surface area contributed by atoms with E-state index in [4.69, 9.17) is 5.73 Å². The number of benzene rings is 1. The molecule has 2 N–H and O–H groups in total. The molecular weight excluding hydrogens is 254 g/mol. The fourth-order valence-corrected chi connectivity index (χ4v) is 2.14. The van der Waals surface area contributed by atoms with Gasteiger partial charge in [-0.05, 0) is 18.2 Å². The van der Waals surface area contributed by atoms with E-state index in [1.165, 1.54) is 26.0 Å². The van der Waals surface area contributed by atoms with E-state index >= 15 is 0 Å². The molecule has 0 aliphatic carbocycles. The number of nitrogen functional groups attached to an aromatic ring is 1. The molecule has 0 aromatic heterocycles. The number of rotatable bonds is 5. The van der Waals surface area contributed by atoms with Crippen molar-refractivity contribution in [1.82, 2.24) is 0 Å². The third-order valence-corrected chi connectivity index (χ3v) is 3.23. The molecule has 5 nitrogen and oxygen atoms in total. The van der Waals surface area contributed by atoms with Crippen LogP contribution < -0.4 is 5.73 Å². The van der Waals surface area contributed by atoms with Gasteiger partial charge in [0.2, 0.25) is 0 Å². The number of carbonyl (C=O) groups is 2. The third-order valence-electron chi connectivity index (χ3n) is 2.23. The van der Waals surface area contributed by atoms with Gasteiger partial charge in [0.1, 0.15) is 0 Å². The second kappa shape index (κ2) is 6.90. The zero-order chi connectivity index (χ0) is 13.5. The highest BCUT2D eigenvalue weighted by Crippen LogP contribution is 2.24. The van der Waals surface area contributed by atoms with Crippen molar-refractivity contribution >= 4 is 29.4 Å². The molecule has 0 heterocycles. The summed E-state index contributed by atoms with van der Waals surface area (Å²) < 4.78 is 9.17. The molecule has 0 radical (unpaired) electrons. The smallest absolute Gasteiger partial charge is 0.339 e. The molecule has 6 heteroatoms. The molecule has 0 bridgehead atoms. The van der Waals surface area contributed by atoms with Crippen LogP contribution in [-0.2, 0) is 14.3 Å². The van der Waals surface area contributed by atoms with E-state index in [1.54, 1.807) is 18.2 Å². The summed E-state index contributed by atoms with van der Waals surface area (Å²) in [7, 11) is 2.66. The van der Waals surface area contributed by atoms with Crippen molar-refractivity contribution in [2.24, 2.45) is 0 Å². The van der Waals surface area contributed by atoms with E-state index in [-0.39, 0.29) is 5.97 Å². The fourth-order valence-electron chi connectivity index (χ4n) is 1.27. The summed E-state index contributed by atoms with van der Waals surface area (Å²) >= 11 is 1.45. The molecule has 0 fully saturated rings. The maximum absolute atomic E-state index is 11.4. The Balaban J connectivity index is 2.67. The topological polar surface area (TPSA) is 78.6 Å². The molecule has 0 unspecified atom stereocenters. The van der Waals surface area contributed by atoms with Gasteiger partial charge >= 0.3 is 11.9 Å². The molecule has 0 amide bonds. The molecule has 0 aliphatic heterocycles. The van der Waals surface area contributed by atoms with E-state index in [0.717, 1.165) is 4.90 Å². The number of carbonyl (C=O) groups excluding carboxylic acids is 2. The minimum atomic E-state index is -0.470. The number of anilines is 1. The lowest BCUT2D eigenvalue weighted by atomic mass is 10.2. The van der Waals surface area contributed by atoms with Gasteiger partial charge in [0, 0.05) is 16.3 Å². The summed E-state index contributed by atoms with van der Waals surface area (Å²) in [6.07, 6.45) is 0.319. The highest BCUT2D eigenvalue weighted by Gasteiger charge is 2.11. The number of nitrogens with two attached hydrogens (primary N) is 1. The number of hydrogen-bond donors (Lipinski definition) is 1. The Morgan fingerprint density at radius 1 is 1.28 bits per heavy atom. The average Bonchev–Trinajstić information content (AvgIpc) is 2.39. The molecule has 98 valence electrons. The molecular formula is C12H15NO4S. The number of hydrogen-bond acceptors (Lipinski definition) is 6. The largest absolute Gasteiger partial charge is 0.469 e. The van der Waals surface area contributed by atoms with Crippen molar-refractivity contribution in [1.29, 1.82) is 0 Å². The monoisotopic (exact) mass is 269 g/mol. The number of methoxy groups -OCH3 is 2. The third kappa shape index (κ3) is 3.96. The lowest BCUT2D eigenvalue weighted by molar-refractivity contribution is -0.140. The highest BCUT2D eigenvalue weighted by atomic mass is 32.2. The fraction of sp³-hybridized carbons (Fsp3) is 0.333. The number of esters is 2. The zero-order valence-corrected chi connectivity index (χ0v) is 11.1. The van der Waals surface area contributed by atoms with Crippen LogP contribution in [0.1, 0.15) is 16.8 Å². The standard InChI is InChI=1S/C12H15NO4S/c1-16-11(14)5-6-18-8-3-4-10(13)9(7-8)12(15)17-2/h3-4,7H,5-6,13H2,1-2H3. The van der Waals surface area contributed by atoms with E-state index in [2.05, 4.69) is 9.47 Å². The quantitative estimate of drug-likeness (QED) is 0.498. The van der Waals surface area contributed by atoms with E-state index < -0.39 is 5.97 Å². The Labute approximate surface area is 110 Å². The first kappa shape index (κ1) is 14.4. The normalized spacial score (nSPS) is 9.89. The maximum atomic E-state index is 11.4. The lowest BCUT2D eigenvalue weighted by Crippen LogP contribution is -2.05. The van der Waals surface area contributed by atoms with Gasteiger partial charge in [-0.2, -0.15) is 0 Å². The van der Waals surface area contributed by atoms with Gasteiger partial charge in [-0.3, -0.25) is 4.79 Å². The van der Waals surface area contributed by atoms with Crippen LogP contribution in [0.25, 0.3) is 0 Å². The van der Waals surface area contributed by atoms with Crippen LogP contribution in [0.2, 0.25) is 0 Å². The second-order valence-electron chi connectivity index (χ2n) is 3.42. The van der Waals surface area contributed by atoms with Gasteiger partial charge in [0.15, 0.2) is 0 Å². The van der Waals surface area contributed by atoms with E-state index in [1.807, 2.05) is 0 Å². The van der Waals surface area contributed by atoms with Gasteiger partial charge in [-0.15, -0.1) is 11.8 Å². The van der Waals surface area contributed by atoms with Gasteiger partial charge in [0.25, 0.3) is 0 Å². The second-order valence-corrected chi connectivity index (χ2v) is 4.58. The molecule has 1 aromatic carbocycles. The van der Waals surface area contributed by atoms with Gasteiger partial charge in [0.05, 0.1) is 26.2 Å². The first-order valence-electron chi connectivity index (χ1n) is 5.26. The molecule has 0 spiro atoms. The van der Waals surface area contributed by atoms with Crippen molar-refractivity contribution in [3.8, 4) is 0 Å².